The molecule has 196 valence electrons. The van der Waals surface area contributed by atoms with E-state index in [-0.39, 0.29) is 21.1 Å². The minimum Gasteiger partial charge on any atom is -0.440 e. The van der Waals surface area contributed by atoms with Crippen molar-refractivity contribution in [3.63, 3.8) is 0 Å². The molecule has 0 spiro atoms. The number of hydrogen-bond acceptors (Lipinski definition) is 4. The van der Waals surface area contributed by atoms with Gasteiger partial charge < -0.3 is 29.1 Å². The number of imidazole rings is 4. The number of para-hydroxylation sites is 2. The Morgan fingerprint density at radius 1 is 0.590 bits per heavy atom. The molecule has 0 radical (unpaired) electrons. The molecule has 8 bridgehead atoms. The van der Waals surface area contributed by atoms with Gasteiger partial charge in [0.1, 0.15) is 11.6 Å². The SMILES string of the molecule is CC1(C)c2cn(-c3ccccc3)c(n2)-c2ncc([n-]2)C(C)(C)c2cnc([n-]2)-c2nc1cn2-c1ccccc1.[Pt+2]. The number of nitrogens with zero attached hydrogens (tertiary/aromatic N) is 8. The van der Waals surface area contributed by atoms with Gasteiger partial charge in [0.15, 0.2) is 0 Å². The number of fused-ring (bicyclic) bond motifs is 10. The second-order valence-corrected chi connectivity index (χ2v) is 10.7. The predicted octanol–water partition coefficient (Wildman–Crippen LogP) is 5.06. The van der Waals surface area contributed by atoms with Gasteiger partial charge >= 0.3 is 21.1 Å². The molecule has 0 saturated carbocycles. The Labute approximate surface area is 240 Å². The Morgan fingerprint density at radius 2 is 1.00 bits per heavy atom. The van der Waals surface area contributed by atoms with Crippen molar-refractivity contribution in [2.75, 3.05) is 0 Å². The van der Waals surface area contributed by atoms with Crippen molar-refractivity contribution in [2.45, 2.75) is 38.5 Å². The van der Waals surface area contributed by atoms with E-state index >= 15 is 0 Å². The van der Waals surface area contributed by atoms with E-state index in [1.54, 1.807) is 0 Å². The molecule has 9 heteroatoms. The van der Waals surface area contributed by atoms with Crippen LogP contribution in [0.25, 0.3) is 34.7 Å². The molecule has 0 saturated heterocycles. The first kappa shape index (κ1) is 25.3. The van der Waals surface area contributed by atoms with Crippen LogP contribution in [0.5, 0.6) is 0 Å². The first-order chi connectivity index (χ1) is 18.3. The third-order valence-electron chi connectivity index (χ3n) is 7.51. The summed E-state index contributed by atoms with van der Waals surface area (Å²) in [5, 5.41) is 0. The van der Waals surface area contributed by atoms with Gasteiger partial charge in [-0.2, -0.15) is 0 Å². The molecule has 2 aromatic carbocycles. The van der Waals surface area contributed by atoms with Crippen molar-refractivity contribution in [1.29, 1.82) is 0 Å². The molecule has 1 aliphatic heterocycles. The summed E-state index contributed by atoms with van der Waals surface area (Å²) >= 11 is 0. The Bertz CT molecular complexity index is 1640. The quantitative estimate of drug-likeness (QED) is 0.252. The number of aromatic nitrogens is 8. The molecule has 0 unspecified atom stereocenters. The second kappa shape index (κ2) is 9.02. The van der Waals surface area contributed by atoms with Crippen LogP contribution in [0.4, 0.5) is 0 Å². The van der Waals surface area contributed by atoms with Crippen LogP contribution in [0, 0.1) is 0 Å². The number of rotatable bonds is 2. The molecule has 0 fully saturated rings. The van der Waals surface area contributed by atoms with Crippen LogP contribution in [0.1, 0.15) is 50.5 Å². The maximum Gasteiger partial charge on any atom is 2.00 e. The summed E-state index contributed by atoms with van der Waals surface area (Å²) in [4.78, 5) is 29.6. The van der Waals surface area contributed by atoms with Gasteiger partial charge in [-0.1, -0.05) is 74.0 Å². The second-order valence-electron chi connectivity index (χ2n) is 10.7. The zero-order chi connectivity index (χ0) is 26.1. The minimum atomic E-state index is -0.530. The molecular weight excluding hydrogens is 667 g/mol. The maximum absolute atomic E-state index is 5.13. The molecule has 0 N–H and O–H groups in total. The summed E-state index contributed by atoms with van der Waals surface area (Å²) in [5.74, 6) is 2.53. The zero-order valence-corrected chi connectivity index (χ0v) is 24.2. The van der Waals surface area contributed by atoms with Crippen LogP contribution >= 0.6 is 0 Å². The normalized spacial score (nSPS) is 14.9. The van der Waals surface area contributed by atoms with Crippen molar-refractivity contribution in [1.82, 2.24) is 39.0 Å². The molecule has 4 aromatic heterocycles. The van der Waals surface area contributed by atoms with Crippen LogP contribution in [0.15, 0.2) is 85.5 Å². The van der Waals surface area contributed by atoms with Gasteiger partial charge in [-0.3, -0.25) is 0 Å². The number of hydrogen-bond donors (Lipinski definition) is 0. The maximum atomic E-state index is 5.13. The van der Waals surface area contributed by atoms with Crippen molar-refractivity contribution < 1.29 is 21.1 Å². The van der Waals surface area contributed by atoms with Crippen LogP contribution < -0.4 is 9.97 Å². The van der Waals surface area contributed by atoms with Crippen LogP contribution in [-0.2, 0) is 31.9 Å². The van der Waals surface area contributed by atoms with Gasteiger partial charge in [0.05, 0.1) is 16.8 Å². The minimum absolute atomic E-state index is 0. The van der Waals surface area contributed by atoms with Crippen molar-refractivity contribution in [3.8, 4) is 34.7 Å². The third-order valence-corrected chi connectivity index (χ3v) is 7.51. The van der Waals surface area contributed by atoms with Crippen LogP contribution in [0.2, 0.25) is 0 Å². The topological polar surface area (TPSA) is 89.6 Å². The Kier molecular flexibility index (Phi) is 5.84. The molecule has 0 aliphatic carbocycles. The standard InChI is InChI=1S/C30H26N8.Pt/c1-29(2)21-15-31-25(33-21)27-35-23(17-37(27)19-11-7-5-8-12-19)30(3,4)24-18-38(20-13-9-6-10-14-20)28(36-24)26-32-16-22(29)34-26;/h5-18H,1-4H3;/q-2;+2. The molecule has 7 rings (SSSR count). The van der Waals surface area contributed by atoms with Gasteiger partial charge in [0.2, 0.25) is 0 Å². The zero-order valence-electron chi connectivity index (χ0n) is 22.0. The fourth-order valence-electron chi connectivity index (χ4n) is 4.92. The van der Waals surface area contributed by atoms with Crippen LogP contribution in [-0.4, -0.2) is 29.1 Å². The first-order valence-corrected chi connectivity index (χ1v) is 12.6. The van der Waals surface area contributed by atoms with E-state index in [9.17, 15) is 0 Å². The smallest absolute Gasteiger partial charge is 0.440 e. The summed E-state index contributed by atoms with van der Waals surface area (Å²) in [6.07, 6.45) is 7.79. The average molecular weight is 694 g/mol. The summed E-state index contributed by atoms with van der Waals surface area (Å²) < 4.78 is 4.13. The first-order valence-electron chi connectivity index (χ1n) is 12.6. The summed E-state index contributed by atoms with van der Waals surface area (Å²) in [6, 6.07) is 20.3. The van der Waals surface area contributed by atoms with E-state index in [1.165, 1.54) is 0 Å². The Balaban J connectivity index is 0.00000277. The largest absolute Gasteiger partial charge is 2.00 e. The summed E-state index contributed by atoms with van der Waals surface area (Å²) in [6.45, 7) is 8.46. The fourth-order valence-corrected chi connectivity index (χ4v) is 4.92. The van der Waals surface area contributed by atoms with E-state index in [1.807, 2.05) is 48.8 Å². The van der Waals surface area contributed by atoms with Gasteiger partial charge in [-0.05, 0) is 49.8 Å². The Morgan fingerprint density at radius 3 is 1.41 bits per heavy atom. The molecular formula is C30H26N8Pt. The molecule has 1 aliphatic rings. The van der Waals surface area contributed by atoms with Gasteiger partial charge in [0.25, 0.3) is 0 Å². The average Bonchev–Trinajstić information content (AvgIpc) is 3.73. The predicted molar refractivity (Wildman–Crippen MR) is 144 cm³/mol. The third kappa shape index (κ3) is 3.93. The van der Waals surface area contributed by atoms with Crippen molar-refractivity contribution in [3.05, 3.63) is 108 Å². The molecule has 8 nitrogen and oxygen atoms in total. The van der Waals surface area contributed by atoms with Gasteiger partial charge in [-0.15, -0.1) is 0 Å². The fraction of sp³-hybridized carbons (Fsp3) is 0.200. The van der Waals surface area contributed by atoms with Crippen molar-refractivity contribution in [2.24, 2.45) is 0 Å². The molecule has 5 heterocycles. The van der Waals surface area contributed by atoms with E-state index < -0.39 is 10.8 Å². The summed E-state index contributed by atoms with van der Waals surface area (Å²) in [5.41, 5.74) is 4.30. The summed E-state index contributed by atoms with van der Waals surface area (Å²) in [7, 11) is 0. The molecule has 6 aromatic rings. The molecule has 39 heavy (non-hydrogen) atoms. The van der Waals surface area contributed by atoms with E-state index in [0.29, 0.717) is 23.3 Å². The molecule has 0 amide bonds. The molecule has 0 atom stereocenters. The van der Waals surface area contributed by atoms with E-state index in [2.05, 4.69) is 73.5 Å². The van der Waals surface area contributed by atoms with E-state index in [0.717, 1.165) is 34.2 Å². The van der Waals surface area contributed by atoms with Gasteiger partial charge in [-0.25, -0.2) is 9.97 Å². The van der Waals surface area contributed by atoms with Crippen molar-refractivity contribution >= 4 is 0 Å². The monoisotopic (exact) mass is 693 g/mol. The van der Waals surface area contributed by atoms with Crippen LogP contribution in [0.3, 0.4) is 0 Å². The number of benzene rings is 2. The van der Waals surface area contributed by atoms with Gasteiger partial charge in [0, 0.05) is 29.2 Å². The Hall–Kier alpha value is -4.03. The van der Waals surface area contributed by atoms with E-state index in [4.69, 9.17) is 29.9 Å².